The average Bonchev–Trinajstić information content (AvgIpc) is 2.74. The van der Waals surface area contributed by atoms with E-state index in [1.165, 1.54) is 0 Å². The summed E-state index contributed by atoms with van der Waals surface area (Å²) in [6, 6.07) is 17.4. The van der Waals surface area contributed by atoms with Crippen molar-refractivity contribution >= 4 is 27.7 Å². The summed E-state index contributed by atoms with van der Waals surface area (Å²) in [5.74, 6) is 0.0193. The van der Waals surface area contributed by atoms with Crippen LogP contribution in [0.2, 0.25) is 0 Å². The zero-order chi connectivity index (χ0) is 19.9. The SMILES string of the molecule is C[C@H](CN(CC(=O)N1CCNCC1)C(=O)c1cccc(Br)c1)c1ccccc1. The van der Waals surface area contributed by atoms with Gasteiger partial charge < -0.3 is 15.1 Å². The van der Waals surface area contributed by atoms with Crippen LogP contribution in [0.4, 0.5) is 0 Å². The Bertz CT molecular complexity index is 806. The third kappa shape index (κ3) is 5.42. The van der Waals surface area contributed by atoms with Gasteiger partial charge in [-0.15, -0.1) is 0 Å². The van der Waals surface area contributed by atoms with Crippen molar-refractivity contribution in [3.8, 4) is 0 Å². The summed E-state index contributed by atoms with van der Waals surface area (Å²) in [6.45, 7) is 5.65. The predicted molar refractivity (Wildman–Crippen MR) is 114 cm³/mol. The monoisotopic (exact) mass is 443 g/mol. The average molecular weight is 444 g/mol. The van der Waals surface area contributed by atoms with E-state index in [-0.39, 0.29) is 24.3 Å². The number of rotatable bonds is 6. The summed E-state index contributed by atoms with van der Waals surface area (Å²) in [5.41, 5.74) is 1.74. The quantitative estimate of drug-likeness (QED) is 0.745. The standard InChI is InChI=1S/C22H26BrN3O2/c1-17(18-6-3-2-4-7-18)15-26(16-21(27)25-12-10-24-11-13-25)22(28)19-8-5-9-20(23)14-19/h2-9,14,17,24H,10-13,15-16H2,1H3/t17-/m1/s1. The van der Waals surface area contributed by atoms with Gasteiger partial charge in [0.2, 0.25) is 5.91 Å². The molecule has 1 N–H and O–H groups in total. The smallest absolute Gasteiger partial charge is 0.254 e. The zero-order valence-electron chi connectivity index (χ0n) is 16.1. The Morgan fingerprint density at radius 3 is 2.50 bits per heavy atom. The number of hydrogen-bond donors (Lipinski definition) is 1. The van der Waals surface area contributed by atoms with Crippen LogP contribution in [-0.2, 0) is 4.79 Å². The summed E-state index contributed by atoms with van der Waals surface area (Å²) < 4.78 is 0.850. The molecule has 0 bridgehead atoms. The Morgan fingerprint density at radius 2 is 1.82 bits per heavy atom. The minimum Gasteiger partial charge on any atom is -0.339 e. The second-order valence-corrected chi connectivity index (χ2v) is 8.05. The van der Waals surface area contributed by atoms with E-state index in [4.69, 9.17) is 0 Å². The molecule has 148 valence electrons. The van der Waals surface area contributed by atoms with E-state index in [0.717, 1.165) is 23.1 Å². The molecule has 1 aliphatic rings. The molecule has 6 heteroatoms. The molecule has 0 spiro atoms. The van der Waals surface area contributed by atoms with Gasteiger partial charge in [0.05, 0.1) is 0 Å². The summed E-state index contributed by atoms with van der Waals surface area (Å²) in [5, 5.41) is 3.25. The molecule has 0 aromatic heterocycles. The molecular formula is C22H26BrN3O2. The molecule has 2 amide bonds. The van der Waals surface area contributed by atoms with Crippen molar-refractivity contribution in [1.29, 1.82) is 0 Å². The summed E-state index contributed by atoms with van der Waals surface area (Å²) >= 11 is 3.43. The lowest BCUT2D eigenvalue weighted by atomic mass is 10.0. The minimum absolute atomic E-state index is 0.00473. The minimum atomic E-state index is -0.118. The number of carbonyl (C=O) groups excluding carboxylic acids is 2. The molecule has 1 atom stereocenters. The molecule has 5 nitrogen and oxygen atoms in total. The number of benzene rings is 2. The van der Waals surface area contributed by atoms with E-state index in [9.17, 15) is 9.59 Å². The Morgan fingerprint density at radius 1 is 1.11 bits per heavy atom. The number of halogens is 1. The maximum atomic E-state index is 13.2. The fourth-order valence-electron chi connectivity index (χ4n) is 3.42. The molecule has 1 fully saturated rings. The number of carbonyl (C=O) groups is 2. The molecule has 3 rings (SSSR count). The van der Waals surface area contributed by atoms with E-state index in [2.05, 4.69) is 40.3 Å². The lowest BCUT2D eigenvalue weighted by molar-refractivity contribution is -0.132. The van der Waals surface area contributed by atoms with Gasteiger partial charge >= 0.3 is 0 Å². The van der Waals surface area contributed by atoms with Crippen LogP contribution < -0.4 is 5.32 Å². The van der Waals surface area contributed by atoms with Gasteiger partial charge in [-0.2, -0.15) is 0 Å². The van der Waals surface area contributed by atoms with Crippen molar-refractivity contribution in [3.05, 3.63) is 70.2 Å². The van der Waals surface area contributed by atoms with Crippen LogP contribution in [0.3, 0.4) is 0 Å². The summed E-state index contributed by atoms with van der Waals surface area (Å²) in [7, 11) is 0. The van der Waals surface area contributed by atoms with Crippen molar-refractivity contribution in [2.75, 3.05) is 39.3 Å². The van der Waals surface area contributed by atoms with Gasteiger partial charge in [0, 0.05) is 42.8 Å². The second-order valence-electron chi connectivity index (χ2n) is 7.14. The largest absolute Gasteiger partial charge is 0.339 e. The van der Waals surface area contributed by atoms with Gasteiger partial charge in [0.25, 0.3) is 5.91 Å². The lowest BCUT2D eigenvalue weighted by Gasteiger charge is -2.31. The Labute approximate surface area is 174 Å². The highest BCUT2D eigenvalue weighted by Gasteiger charge is 2.25. The molecule has 28 heavy (non-hydrogen) atoms. The van der Waals surface area contributed by atoms with E-state index < -0.39 is 0 Å². The number of hydrogen-bond acceptors (Lipinski definition) is 3. The molecule has 1 saturated heterocycles. The number of nitrogens with one attached hydrogen (secondary N) is 1. The van der Waals surface area contributed by atoms with Gasteiger partial charge in [-0.1, -0.05) is 59.3 Å². The topological polar surface area (TPSA) is 52.7 Å². The van der Waals surface area contributed by atoms with Gasteiger partial charge in [0.1, 0.15) is 6.54 Å². The maximum absolute atomic E-state index is 13.2. The van der Waals surface area contributed by atoms with Crippen LogP contribution in [0.15, 0.2) is 59.1 Å². The number of amides is 2. The maximum Gasteiger partial charge on any atom is 0.254 e. The normalized spacial score (nSPS) is 15.1. The van der Waals surface area contributed by atoms with Gasteiger partial charge in [-0.05, 0) is 29.7 Å². The van der Waals surface area contributed by atoms with Crippen LogP contribution in [0.25, 0.3) is 0 Å². The molecular weight excluding hydrogens is 418 g/mol. The van der Waals surface area contributed by atoms with Gasteiger partial charge in [0.15, 0.2) is 0 Å². The van der Waals surface area contributed by atoms with Crippen LogP contribution in [0.5, 0.6) is 0 Å². The first-order valence-corrected chi connectivity index (χ1v) is 10.4. The molecule has 1 aliphatic heterocycles. The molecule has 1 heterocycles. The highest BCUT2D eigenvalue weighted by molar-refractivity contribution is 9.10. The lowest BCUT2D eigenvalue weighted by Crippen LogP contribution is -2.50. The molecule has 0 aliphatic carbocycles. The highest BCUT2D eigenvalue weighted by Crippen LogP contribution is 2.19. The van der Waals surface area contributed by atoms with Crippen molar-refractivity contribution in [2.45, 2.75) is 12.8 Å². The zero-order valence-corrected chi connectivity index (χ0v) is 17.7. The van der Waals surface area contributed by atoms with Crippen LogP contribution in [0, 0.1) is 0 Å². The number of nitrogens with zero attached hydrogens (tertiary/aromatic N) is 2. The number of piperazine rings is 1. The summed E-state index contributed by atoms with van der Waals surface area (Å²) in [6.07, 6.45) is 0. The van der Waals surface area contributed by atoms with Crippen molar-refractivity contribution in [2.24, 2.45) is 0 Å². The molecule has 0 unspecified atom stereocenters. The van der Waals surface area contributed by atoms with Crippen molar-refractivity contribution in [1.82, 2.24) is 15.1 Å². The van der Waals surface area contributed by atoms with Gasteiger partial charge in [-0.25, -0.2) is 0 Å². The fraction of sp³-hybridized carbons (Fsp3) is 0.364. The van der Waals surface area contributed by atoms with E-state index in [1.54, 1.807) is 17.0 Å². The Kier molecular flexibility index (Phi) is 7.23. The van der Waals surface area contributed by atoms with Crippen LogP contribution in [-0.4, -0.2) is 60.9 Å². The van der Waals surface area contributed by atoms with Crippen molar-refractivity contribution < 1.29 is 9.59 Å². The van der Waals surface area contributed by atoms with E-state index in [1.807, 2.05) is 35.2 Å². The fourth-order valence-corrected chi connectivity index (χ4v) is 3.82. The molecule has 0 radical (unpaired) electrons. The highest BCUT2D eigenvalue weighted by atomic mass is 79.9. The second kappa shape index (κ2) is 9.85. The van der Waals surface area contributed by atoms with E-state index >= 15 is 0 Å². The Balaban J connectivity index is 1.78. The third-order valence-electron chi connectivity index (χ3n) is 5.02. The van der Waals surface area contributed by atoms with Crippen molar-refractivity contribution in [3.63, 3.8) is 0 Å². The third-order valence-corrected chi connectivity index (χ3v) is 5.51. The molecule has 0 saturated carbocycles. The molecule has 2 aromatic rings. The van der Waals surface area contributed by atoms with Crippen LogP contribution >= 0.6 is 15.9 Å². The predicted octanol–water partition coefficient (Wildman–Crippen LogP) is 3.13. The first-order valence-electron chi connectivity index (χ1n) is 9.63. The first-order chi connectivity index (χ1) is 13.5. The van der Waals surface area contributed by atoms with E-state index in [0.29, 0.717) is 25.2 Å². The Hall–Kier alpha value is -2.18. The van der Waals surface area contributed by atoms with Crippen LogP contribution in [0.1, 0.15) is 28.8 Å². The van der Waals surface area contributed by atoms with Gasteiger partial charge in [-0.3, -0.25) is 9.59 Å². The summed E-state index contributed by atoms with van der Waals surface area (Å²) in [4.78, 5) is 29.6. The molecule has 2 aromatic carbocycles. The first kappa shape index (κ1) is 20.6.